The van der Waals surface area contributed by atoms with Crippen molar-refractivity contribution in [3.8, 4) is 0 Å². The van der Waals surface area contributed by atoms with E-state index in [1.54, 1.807) is 0 Å². The minimum absolute atomic E-state index is 0.0848. The number of rotatable bonds is 5. The van der Waals surface area contributed by atoms with Crippen LogP contribution in [0.25, 0.3) is 0 Å². The normalized spacial score (nSPS) is 26.1. The molecule has 1 aliphatic carbocycles. The standard InChI is InChI=1S/C16H27FN4/c1-5-13-14(17)15(20-11-19-13)18-10-16(21(3)4)8-6-7-12(2)9-16/h11-12H,5-10H2,1-4H3,(H,18,19,20). The number of aromatic nitrogens is 2. The highest BCUT2D eigenvalue weighted by atomic mass is 19.1. The second-order valence-corrected chi connectivity index (χ2v) is 6.51. The molecule has 2 rings (SSSR count). The molecule has 0 aromatic carbocycles. The number of hydrogen-bond acceptors (Lipinski definition) is 4. The maximum absolute atomic E-state index is 14.2. The first-order chi connectivity index (χ1) is 9.98. The van der Waals surface area contributed by atoms with Crippen molar-refractivity contribution in [3.05, 3.63) is 17.8 Å². The van der Waals surface area contributed by atoms with Crippen molar-refractivity contribution in [3.63, 3.8) is 0 Å². The van der Waals surface area contributed by atoms with E-state index in [2.05, 4.69) is 41.2 Å². The second kappa shape index (κ2) is 6.69. The molecule has 4 nitrogen and oxygen atoms in total. The predicted octanol–water partition coefficient (Wildman–Crippen LogP) is 3.10. The van der Waals surface area contributed by atoms with E-state index in [9.17, 15) is 4.39 Å². The zero-order chi connectivity index (χ0) is 15.5. The summed E-state index contributed by atoms with van der Waals surface area (Å²) in [5.74, 6) is 0.739. The van der Waals surface area contributed by atoms with Crippen LogP contribution in [0.2, 0.25) is 0 Å². The van der Waals surface area contributed by atoms with Gasteiger partial charge in [0.15, 0.2) is 11.6 Å². The number of halogens is 1. The summed E-state index contributed by atoms with van der Waals surface area (Å²) in [6.45, 7) is 4.93. The van der Waals surface area contributed by atoms with Crippen molar-refractivity contribution in [1.82, 2.24) is 14.9 Å². The van der Waals surface area contributed by atoms with E-state index in [1.807, 2.05) is 6.92 Å². The Bertz CT molecular complexity index is 477. The maximum atomic E-state index is 14.2. The van der Waals surface area contributed by atoms with Crippen LogP contribution in [-0.4, -0.2) is 41.0 Å². The van der Waals surface area contributed by atoms with Gasteiger partial charge in [-0.3, -0.25) is 0 Å². The number of nitrogens with one attached hydrogen (secondary N) is 1. The fourth-order valence-electron chi connectivity index (χ4n) is 3.38. The fourth-order valence-corrected chi connectivity index (χ4v) is 3.38. The number of aryl methyl sites for hydroxylation is 1. The zero-order valence-corrected chi connectivity index (χ0v) is 13.6. The summed E-state index contributed by atoms with van der Waals surface area (Å²) >= 11 is 0. The van der Waals surface area contributed by atoms with E-state index in [4.69, 9.17) is 0 Å². The average Bonchev–Trinajstić information content (AvgIpc) is 2.46. The monoisotopic (exact) mass is 294 g/mol. The largest absolute Gasteiger partial charge is 0.366 e. The quantitative estimate of drug-likeness (QED) is 0.906. The van der Waals surface area contributed by atoms with E-state index in [0.29, 0.717) is 23.9 Å². The van der Waals surface area contributed by atoms with E-state index in [1.165, 1.54) is 19.2 Å². The van der Waals surface area contributed by atoms with E-state index in [0.717, 1.165) is 19.4 Å². The molecular weight excluding hydrogens is 267 g/mol. The molecule has 5 heteroatoms. The molecule has 1 aromatic heterocycles. The van der Waals surface area contributed by atoms with E-state index >= 15 is 0 Å². The lowest BCUT2D eigenvalue weighted by molar-refractivity contribution is 0.0881. The smallest absolute Gasteiger partial charge is 0.186 e. The number of anilines is 1. The molecule has 118 valence electrons. The molecule has 1 N–H and O–H groups in total. The van der Waals surface area contributed by atoms with Gasteiger partial charge >= 0.3 is 0 Å². The lowest BCUT2D eigenvalue weighted by Crippen LogP contribution is -2.52. The Morgan fingerprint density at radius 3 is 2.81 bits per heavy atom. The van der Waals surface area contributed by atoms with Gasteiger partial charge in [0.2, 0.25) is 0 Å². The van der Waals surface area contributed by atoms with Crippen LogP contribution < -0.4 is 5.32 Å². The van der Waals surface area contributed by atoms with Gasteiger partial charge < -0.3 is 10.2 Å². The highest BCUT2D eigenvalue weighted by Crippen LogP contribution is 2.35. The molecule has 0 spiro atoms. The van der Waals surface area contributed by atoms with Gasteiger partial charge in [-0.15, -0.1) is 0 Å². The lowest BCUT2D eigenvalue weighted by Gasteiger charge is -2.45. The molecule has 1 heterocycles. The first kappa shape index (κ1) is 16.1. The summed E-state index contributed by atoms with van der Waals surface area (Å²) in [4.78, 5) is 10.3. The fraction of sp³-hybridized carbons (Fsp3) is 0.750. The topological polar surface area (TPSA) is 41.1 Å². The van der Waals surface area contributed by atoms with Gasteiger partial charge in [-0.25, -0.2) is 14.4 Å². The van der Waals surface area contributed by atoms with Crippen LogP contribution in [0.1, 0.15) is 45.2 Å². The van der Waals surface area contributed by atoms with Gasteiger partial charge in [0.1, 0.15) is 6.33 Å². The molecular formula is C16H27FN4. The highest BCUT2D eigenvalue weighted by Gasteiger charge is 2.37. The summed E-state index contributed by atoms with van der Waals surface area (Å²) in [6, 6.07) is 0. The third-order valence-corrected chi connectivity index (χ3v) is 4.80. The van der Waals surface area contributed by atoms with Crippen molar-refractivity contribution in [2.45, 2.75) is 51.5 Å². The molecule has 21 heavy (non-hydrogen) atoms. The van der Waals surface area contributed by atoms with Crippen LogP contribution in [0, 0.1) is 11.7 Å². The molecule has 1 aromatic rings. The van der Waals surface area contributed by atoms with Crippen molar-refractivity contribution in [2.24, 2.45) is 5.92 Å². The van der Waals surface area contributed by atoms with Gasteiger partial charge in [-0.2, -0.15) is 0 Å². The molecule has 1 aliphatic rings. The summed E-state index contributed by atoms with van der Waals surface area (Å²) in [5, 5.41) is 3.23. The summed E-state index contributed by atoms with van der Waals surface area (Å²) < 4.78 is 14.2. The SMILES string of the molecule is CCc1ncnc(NCC2(N(C)C)CCCC(C)C2)c1F. The molecule has 1 fully saturated rings. The Morgan fingerprint density at radius 1 is 1.43 bits per heavy atom. The Morgan fingerprint density at radius 2 is 2.19 bits per heavy atom. The van der Waals surface area contributed by atoms with Crippen LogP contribution in [0.3, 0.4) is 0 Å². The maximum Gasteiger partial charge on any atom is 0.186 e. The Hall–Kier alpha value is -1.23. The van der Waals surface area contributed by atoms with Crippen LogP contribution in [0.15, 0.2) is 6.33 Å². The zero-order valence-electron chi connectivity index (χ0n) is 13.6. The molecule has 0 amide bonds. The second-order valence-electron chi connectivity index (χ2n) is 6.51. The minimum Gasteiger partial charge on any atom is -0.366 e. The number of hydrogen-bond donors (Lipinski definition) is 1. The average molecular weight is 294 g/mol. The molecule has 1 saturated carbocycles. The number of nitrogens with zero attached hydrogens (tertiary/aromatic N) is 3. The van der Waals surface area contributed by atoms with Crippen LogP contribution in [-0.2, 0) is 6.42 Å². The van der Waals surface area contributed by atoms with Crippen LogP contribution in [0.5, 0.6) is 0 Å². The van der Waals surface area contributed by atoms with Gasteiger partial charge in [0.25, 0.3) is 0 Å². The molecule has 0 aliphatic heterocycles. The Kier molecular flexibility index (Phi) is 5.14. The summed E-state index contributed by atoms with van der Waals surface area (Å²) in [5.41, 5.74) is 0.560. The van der Waals surface area contributed by atoms with Gasteiger partial charge in [0.05, 0.1) is 5.69 Å². The number of likely N-dealkylation sites (N-methyl/N-ethyl adjacent to an activating group) is 1. The van der Waals surface area contributed by atoms with Gasteiger partial charge in [0, 0.05) is 12.1 Å². The molecule has 0 radical (unpaired) electrons. The summed E-state index contributed by atoms with van der Waals surface area (Å²) in [6.07, 6.45) is 6.82. The first-order valence-corrected chi connectivity index (χ1v) is 7.89. The molecule has 2 unspecified atom stereocenters. The van der Waals surface area contributed by atoms with Crippen molar-refractivity contribution in [1.29, 1.82) is 0 Å². The van der Waals surface area contributed by atoms with Crippen molar-refractivity contribution < 1.29 is 4.39 Å². The van der Waals surface area contributed by atoms with Gasteiger partial charge in [-0.1, -0.05) is 26.7 Å². The van der Waals surface area contributed by atoms with Crippen molar-refractivity contribution in [2.75, 3.05) is 26.0 Å². The molecule has 0 bridgehead atoms. The lowest BCUT2D eigenvalue weighted by atomic mass is 9.75. The highest BCUT2D eigenvalue weighted by molar-refractivity contribution is 5.38. The molecule has 0 saturated heterocycles. The van der Waals surface area contributed by atoms with E-state index in [-0.39, 0.29) is 11.4 Å². The van der Waals surface area contributed by atoms with Crippen molar-refractivity contribution >= 4 is 5.82 Å². The Labute approximate surface area is 127 Å². The third kappa shape index (κ3) is 3.51. The van der Waals surface area contributed by atoms with Crippen LogP contribution in [0.4, 0.5) is 10.2 Å². The minimum atomic E-state index is -0.308. The first-order valence-electron chi connectivity index (χ1n) is 7.89. The summed E-state index contributed by atoms with van der Waals surface area (Å²) in [7, 11) is 4.24. The van der Waals surface area contributed by atoms with E-state index < -0.39 is 0 Å². The third-order valence-electron chi connectivity index (χ3n) is 4.80. The predicted molar refractivity (Wildman–Crippen MR) is 83.9 cm³/mol. The molecule has 2 atom stereocenters. The van der Waals surface area contributed by atoms with Crippen LogP contribution >= 0.6 is 0 Å². The Balaban J connectivity index is 2.12. The van der Waals surface area contributed by atoms with Gasteiger partial charge in [-0.05, 0) is 39.3 Å².